The Labute approximate surface area is 80.1 Å². The van der Waals surface area contributed by atoms with Gasteiger partial charge < -0.3 is 9.64 Å². The molecule has 0 aromatic rings. The Hall–Kier alpha value is -0.730. The molecular formula is C10H19NO2. The summed E-state index contributed by atoms with van der Waals surface area (Å²) in [6, 6.07) is 0. The van der Waals surface area contributed by atoms with Gasteiger partial charge in [-0.05, 0) is 32.1 Å². The average molecular weight is 185 g/mol. The van der Waals surface area contributed by atoms with Gasteiger partial charge in [-0.3, -0.25) is 0 Å². The molecule has 0 saturated heterocycles. The summed E-state index contributed by atoms with van der Waals surface area (Å²) in [6.45, 7) is 6.22. The first-order valence-corrected chi connectivity index (χ1v) is 5.19. The van der Waals surface area contributed by atoms with Gasteiger partial charge in [0.25, 0.3) is 0 Å². The molecule has 0 atom stereocenters. The number of hydrogen-bond acceptors (Lipinski definition) is 2. The topological polar surface area (TPSA) is 29.5 Å². The smallest absolute Gasteiger partial charge is 0.409 e. The summed E-state index contributed by atoms with van der Waals surface area (Å²) < 4.78 is 5.16. The lowest BCUT2D eigenvalue weighted by Crippen LogP contribution is -2.32. The van der Waals surface area contributed by atoms with E-state index >= 15 is 0 Å². The van der Waals surface area contributed by atoms with E-state index in [0.29, 0.717) is 12.5 Å². The molecule has 1 rings (SSSR count). The summed E-state index contributed by atoms with van der Waals surface area (Å²) in [5.41, 5.74) is 0. The Morgan fingerprint density at radius 2 is 2.15 bits per heavy atom. The monoisotopic (exact) mass is 185 g/mol. The van der Waals surface area contributed by atoms with Crippen molar-refractivity contribution in [2.45, 2.75) is 33.1 Å². The minimum atomic E-state index is -0.142. The Kier molecular flexibility index (Phi) is 4.06. The summed E-state index contributed by atoms with van der Waals surface area (Å²) >= 11 is 0. The van der Waals surface area contributed by atoms with Crippen LogP contribution < -0.4 is 0 Å². The van der Waals surface area contributed by atoms with Crippen molar-refractivity contribution in [1.29, 1.82) is 0 Å². The summed E-state index contributed by atoms with van der Waals surface area (Å²) in [6.07, 6.45) is 3.31. The number of hydrogen-bond donors (Lipinski definition) is 0. The highest BCUT2D eigenvalue weighted by atomic mass is 16.6. The van der Waals surface area contributed by atoms with Crippen LogP contribution in [-0.4, -0.2) is 30.7 Å². The van der Waals surface area contributed by atoms with E-state index in [1.807, 2.05) is 6.92 Å². The average Bonchev–Trinajstić information content (AvgIpc) is 2.93. The lowest BCUT2D eigenvalue weighted by atomic mass is 10.4. The molecule has 0 radical (unpaired) electrons. The molecule has 13 heavy (non-hydrogen) atoms. The van der Waals surface area contributed by atoms with Crippen LogP contribution in [0.25, 0.3) is 0 Å². The van der Waals surface area contributed by atoms with Crippen molar-refractivity contribution in [2.24, 2.45) is 5.92 Å². The molecule has 0 aliphatic heterocycles. The Morgan fingerprint density at radius 3 is 2.62 bits per heavy atom. The second-order valence-corrected chi connectivity index (χ2v) is 3.60. The largest absolute Gasteiger partial charge is 0.449 e. The van der Waals surface area contributed by atoms with Crippen molar-refractivity contribution in [3.63, 3.8) is 0 Å². The number of ether oxygens (including phenoxy) is 1. The predicted molar refractivity (Wildman–Crippen MR) is 51.6 cm³/mol. The second kappa shape index (κ2) is 5.10. The van der Waals surface area contributed by atoms with Crippen molar-refractivity contribution in [2.75, 3.05) is 19.7 Å². The van der Waals surface area contributed by atoms with E-state index < -0.39 is 0 Å². The van der Waals surface area contributed by atoms with Crippen molar-refractivity contribution in [3.8, 4) is 0 Å². The minimum Gasteiger partial charge on any atom is -0.449 e. The quantitative estimate of drug-likeness (QED) is 0.657. The fraction of sp³-hybridized carbons (Fsp3) is 0.900. The van der Waals surface area contributed by atoms with Gasteiger partial charge in [0.2, 0.25) is 0 Å². The maximum atomic E-state index is 11.4. The van der Waals surface area contributed by atoms with Crippen LogP contribution in [0, 0.1) is 5.92 Å². The van der Waals surface area contributed by atoms with Crippen LogP contribution in [-0.2, 0) is 4.74 Å². The van der Waals surface area contributed by atoms with Gasteiger partial charge in [-0.1, -0.05) is 6.92 Å². The lowest BCUT2D eigenvalue weighted by molar-refractivity contribution is 0.1000. The van der Waals surface area contributed by atoms with E-state index in [4.69, 9.17) is 4.74 Å². The zero-order valence-corrected chi connectivity index (χ0v) is 8.58. The van der Waals surface area contributed by atoms with E-state index in [1.54, 1.807) is 4.90 Å². The molecule has 1 amide bonds. The number of amides is 1. The highest BCUT2D eigenvalue weighted by Gasteiger charge is 2.24. The fourth-order valence-corrected chi connectivity index (χ4v) is 1.21. The highest BCUT2D eigenvalue weighted by molar-refractivity contribution is 5.67. The molecular weight excluding hydrogens is 166 g/mol. The van der Waals surface area contributed by atoms with E-state index in [-0.39, 0.29) is 6.09 Å². The molecule has 0 bridgehead atoms. The first-order chi connectivity index (χ1) is 6.27. The standard InChI is InChI=1S/C10H19NO2/c1-3-7-11(4-2)10(12)13-8-9-5-6-9/h9H,3-8H2,1-2H3. The molecule has 1 fully saturated rings. The molecule has 0 aromatic carbocycles. The maximum absolute atomic E-state index is 11.4. The van der Waals surface area contributed by atoms with Gasteiger partial charge in [-0.25, -0.2) is 4.79 Å². The number of carbonyl (C=O) groups is 1. The van der Waals surface area contributed by atoms with Crippen LogP contribution >= 0.6 is 0 Å². The van der Waals surface area contributed by atoms with Crippen molar-refractivity contribution in [1.82, 2.24) is 4.90 Å². The summed E-state index contributed by atoms with van der Waals surface area (Å²) in [5.74, 6) is 0.657. The molecule has 1 saturated carbocycles. The molecule has 3 nitrogen and oxygen atoms in total. The van der Waals surface area contributed by atoms with Gasteiger partial charge in [-0.2, -0.15) is 0 Å². The fourth-order valence-electron chi connectivity index (χ4n) is 1.21. The first kappa shape index (κ1) is 10.4. The number of carbonyl (C=O) groups excluding carboxylic acids is 1. The normalized spacial score (nSPS) is 15.5. The molecule has 1 aliphatic carbocycles. The molecule has 3 heteroatoms. The van der Waals surface area contributed by atoms with Crippen molar-refractivity contribution < 1.29 is 9.53 Å². The van der Waals surface area contributed by atoms with Crippen molar-refractivity contribution >= 4 is 6.09 Å². The number of rotatable bonds is 5. The molecule has 0 unspecified atom stereocenters. The van der Waals surface area contributed by atoms with Gasteiger partial charge >= 0.3 is 6.09 Å². The number of nitrogens with zero attached hydrogens (tertiary/aromatic N) is 1. The Morgan fingerprint density at radius 1 is 1.46 bits per heavy atom. The summed E-state index contributed by atoms with van der Waals surface area (Å²) in [7, 11) is 0. The molecule has 0 N–H and O–H groups in total. The SMILES string of the molecule is CCCN(CC)C(=O)OCC1CC1. The van der Waals surface area contributed by atoms with E-state index in [1.165, 1.54) is 12.8 Å². The summed E-state index contributed by atoms with van der Waals surface area (Å²) in [5, 5.41) is 0. The zero-order chi connectivity index (χ0) is 9.68. The highest BCUT2D eigenvalue weighted by Crippen LogP contribution is 2.28. The van der Waals surface area contributed by atoms with Crippen LogP contribution in [0.5, 0.6) is 0 Å². The molecule has 0 heterocycles. The molecule has 1 aliphatic rings. The van der Waals surface area contributed by atoms with Crippen molar-refractivity contribution in [3.05, 3.63) is 0 Å². The minimum absolute atomic E-state index is 0.142. The second-order valence-electron chi connectivity index (χ2n) is 3.60. The predicted octanol–water partition coefficient (Wildman–Crippen LogP) is 2.26. The van der Waals surface area contributed by atoms with Crippen LogP contribution in [0.4, 0.5) is 4.79 Å². The summed E-state index contributed by atoms with van der Waals surface area (Å²) in [4.78, 5) is 13.2. The van der Waals surface area contributed by atoms with Gasteiger partial charge in [0.15, 0.2) is 0 Å². The van der Waals surface area contributed by atoms with E-state index in [0.717, 1.165) is 19.5 Å². The first-order valence-electron chi connectivity index (χ1n) is 5.19. The van der Waals surface area contributed by atoms with E-state index in [2.05, 4.69) is 6.92 Å². The Balaban J connectivity index is 2.16. The van der Waals surface area contributed by atoms with E-state index in [9.17, 15) is 4.79 Å². The Bertz CT molecular complexity index is 166. The van der Waals surface area contributed by atoms with Gasteiger partial charge in [0.1, 0.15) is 0 Å². The van der Waals surface area contributed by atoms with Crippen LogP contribution in [0.15, 0.2) is 0 Å². The lowest BCUT2D eigenvalue weighted by Gasteiger charge is -2.19. The third-order valence-electron chi connectivity index (χ3n) is 2.27. The molecule has 76 valence electrons. The zero-order valence-electron chi connectivity index (χ0n) is 8.58. The third-order valence-corrected chi connectivity index (χ3v) is 2.27. The third kappa shape index (κ3) is 3.66. The van der Waals surface area contributed by atoms with Crippen LogP contribution in [0.2, 0.25) is 0 Å². The van der Waals surface area contributed by atoms with Crippen LogP contribution in [0.1, 0.15) is 33.1 Å². The molecule has 0 spiro atoms. The maximum Gasteiger partial charge on any atom is 0.409 e. The molecule has 0 aromatic heterocycles. The van der Waals surface area contributed by atoms with Gasteiger partial charge in [-0.15, -0.1) is 0 Å². The van der Waals surface area contributed by atoms with Gasteiger partial charge in [0, 0.05) is 13.1 Å². The van der Waals surface area contributed by atoms with Crippen LogP contribution in [0.3, 0.4) is 0 Å². The van der Waals surface area contributed by atoms with Gasteiger partial charge in [0.05, 0.1) is 6.61 Å².